The molecule has 1 aromatic rings. The first-order chi connectivity index (χ1) is 8.27. The molecule has 2 N–H and O–H groups in total. The first kappa shape index (κ1) is 14.4. The summed E-state index contributed by atoms with van der Waals surface area (Å²) in [4.78, 5) is 10.9. The fourth-order valence-corrected chi connectivity index (χ4v) is 1.43. The molecule has 0 aromatic heterocycles. The molecule has 0 spiro atoms. The summed E-state index contributed by atoms with van der Waals surface area (Å²) in [5, 5.41) is 0. The van der Waals surface area contributed by atoms with Crippen LogP contribution in [0.5, 0.6) is 0 Å². The fourth-order valence-electron chi connectivity index (χ4n) is 1.43. The Kier molecular flexibility index (Phi) is 4.28. The Morgan fingerprint density at radius 1 is 1.44 bits per heavy atom. The standard InChI is InChI=1S/C11H11F4NO2/c1-18-9(17)5-8(16)6-3-2-4-7(10(6)12)11(13,14)15/h2-4,8H,5,16H2,1H3/t8-/m0/s1. The number of hydrogen-bond acceptors (Lipinski definition) is 3. The molecule has 0 aliphatic carbocycles. The lowest BCUT2D eigenvalue weighted by molar-refractivity contribution is -0.141. The summed E-state index contributed by atoms with van der Waals surface area (Å²) in [6, 6.07) is 1.58. The highest BCUT2D eigenvalue weighted by atomic mass is 19.4. The van der Waals surface area contributed by atoms with Gasteiger partial charge in [-0.1, -0.05) is 12.1 Å². The molecule has 1 atom stereocenters. The number of nitrogens with two attached hydrogens (primary N) is 1. The molecular formula is C11H11F4NO2. The number of rotatable bonds is 3. The summed E-state index contributed by atoms with van der Waals surface area (Å²) < 4.78 is 55.3. The summed E-state index contributed by atoms with van der Waals surface area (Å²) in [5.74, 6) is -2.18. The number of carbonyl (C=O) groups is 1. The molecule has 0 heterocycles. The van der Waals surface area contributed by atoms with Gasteiger partial charge in [-0.2, -0.15) is 13.2 Å². The van der Waals surface area contributed by atoms with Crippen molar-refractivity contribution in [3.05, 3.63) is 35.1 Å². The molecule has 7 heteroatoms. The Morgan fingerprint density at radius 2 is 2.06 bits per heavy atom. The van der Waals surface area contributed by atoms with E-state index < -0.39 is 36.0 Å². The van der Waals surface area contributed by atoms with E-state index in [1.54, 1.807) is 0 Å². The third-order valence-corrected chi connectivity index (χ3v) is 2.35. The Bertz CT molecular complexity index is 445. The maximum absolute atomic E-state index is 13.6. The monoisotopic (exact) mass is 265 g/mol. The Hall–Kier alpha value is -1.63. The molecule has 0 saturated carbocycles. The first-order valence-electron chi connectivity index (χ1n) is 4.95. The van der Waals surface area contributed by atoms with Gasteiger partial charge in [0.1, 0.15) is 5.82 Å². The highest BCUT2D eigenvalue weighted by Crippen LogP contribution is 2.33. The predicted octanol–water partition coefficient (Wildman–Crippen LogP) is 2.41. The number of hydrogen-bond donors (Lipinski definition) is 1. The quantitative estimate of drug-likeness (QED) is 0.674. The van der Waals surface area contributed by atoms with Gasteiger partial charge in [0.15, 0.2) is 0 Å². The van der Waals surface area contributed by atoms with Crippen molar-refractivity contribution in [2.24, 2.45) is 5.73 Å². The highest BCUT2D eigenvalue weighted by molar-refractivity contribution is 5.70. The average molecular weight is 265 g/mol. The van der Waals surface area contributed by atoms with E-state index >= 15 is 0 Å². The van der Waals surface area contributed by atoms with E-state index in [1.807, 2.05) is 0 Å². The number of esters is 1. The van der Waals surface area contributed by atoms with Gasteiger partial charge in [0.05, 0.1) is 19.1 Å². The SMILES string of the molecule is COC(=O)C[C@H](N)c1cccc(C(F)(F)F)c1F. The van der Waals surface area contributed by atoms with Crippen molar-refractivity contribution in [3.8, 4) is 0 Å². The molecule has 100 valence electrons. The largest absolute Gasteiger partial charge is 0.469 e. The van der Waals surface area contributed by atoms with Crippen LogP contribution in [0.25, 0.3) is 0 Å². The summed E-state index contributed by atoms with van der Waals surface area (Å²) in [7, 11) is 1.11. The van der Waals surface area contributed by atoms with E-state index in [4.69, 9.17) is 5.73 Å². The highest BCUT2D eigenvalue weighted by Gasteiger charge is 2.35. The van der Waals surface area contributed by atoms with Crippen LogP contribution in [0.4, 0.5) is 17.6 Å². The van der Waals surface area contributed by atoms with Gasteiger partial charge in [0.25, 0.3) is 0 Å². The number of carbonyl (C=O) groups excluding carboxylic acids is 1. The summed E-state index contributed by atoms with van der Waals surface area (Å²) in [6.45, 7) is 0. The van der Waals surface area contributed by atoms with Crippen molar-refractivity contribution in [3.63, 3.8) is 0 Å². The molecule has 0 unspecified atom stereocenters. The maximum atomic E-state index is 13.6. The summed E-state index contributed by atoms with van der Waals surface area (Å²) in [5.41, 5.74) is 3.71. The molecule has 1 aromatic carbocycles. The molecule has 0 amide bonds. The lowest BCUT2D eigenvalue weighted by Gasteiger charge is -2.15. The van der Waals surface area contributed by atoms with Gasteiger partial charge in [0.2, 0.25) is 0 Å². The summed E-state index contributed by atoms with van der Waals surface area (Å²) in [6.07, 6.45) is -5.19. The van der Waals surface area contributed by atoms with Crippen LogP contribution in [0.2, 0.25) is 0 Å². The van der Waals surface area contributed by atoms with Gasteiger partial charge in [0, 0.05) is 11.6 Å². The van der Waals surface area contributed by atoms with Crippen molar-refractivity contribution in [1.82, 2.24) is 0 Å². The Morgan fingerprint density at radius 3 is 2.56 bits per heavy atom. The lowest BCUT2D eigenvalue weighted by Crippen LogP contribution is -2.19. The maximum Gasteiger partial charge on any atom is 0.419 e. The van der Waals surface area contributed by atoms with Crippen LogP contribution >= 0.6 is 0 Å². The van der Waals surface area contributed by atoms with Gasteiger partial charge in [-0.05, 0) is 6.07 Å². The Labute approximate surface area is 101 Å². The Balaban J connectivity index is 3.07. The van der Waals surface area contributed by atoms with E-state index in [0.29, 0.717) is 6.07 Å². The van der Waals surface area contributed by atoms with Gasteiger partial charge in [-0.3, -0.25) is 4.79 Å². The van der Waals surface area contributed by atoms with E-state index in [1.165, 1.54) is 0 Å². The molecule has 1 rings (SSSR count). The van der Waals surface area contributed by atoms with Crippen LogP contribution in [0.3, 0.4) is 0 Å². The van der Waals surface area contributed by atoms with Crippen LogP contribution in [0.1, 0.15) is 23.6 Å². The molecule has 0 radical (unpaired) electrons. The second-order valence-corrected chi connectivity index (χ2v) is 3.59. The zero-order valence-corrected chi connectivity index (χ0v) is 9.42. The summed E-state index contributed by atoms with van der Waals surface area (Å²) >= 11 is 0. The minimum Gasteiger partial charge on any atom is -0.469 e. The van der Waals surface area contributed by atoms with Crippen molar-refractivity contribution in [1.29, 1.82) is 0 Å². The fraction of sp³-hybridized carbons (Fsp3) is 0.364. The third kappa shape index (κ3) is 3.19. The second kappa shape index (κ2) is 5.34. The number of methoxy groups -OCH3 is 1. The van der Waals surface area contributed by atoms with Crippen LogP contribution in [-0.2, 0) is 15.7 Å². The van der Waals surface area contributed by atoms with Gasteiger partial charge in [-0.15, -0.1) is 0 Å². The van der Waals surface area contributed by atoms with Gasteiger partial charge >= 0.3 is 12.1 Å². The molecule has 0 saturated heterocycles. The van der Waals surface area contributed by atoms with Crippen LogP contribution < -0.4 is 5.73 Å². The van der Waals surface area contributed by atoms with Crippen molar-refractivity contribution in [2.45, 2.75) is 18.6 Å². The van der Waals surface area contributed by atoms with Crippen molar-refractivity contribution >= 4 is 5.97 Å². The van der Waals surface area contributed by atoms with Crippen LogP contribution in [-0.4, -0.2) is 13.1 Å². The number of ether oxygens (including phenoxy) is 1. The molecule has 0 aliphatic rings. The van der Waals surface area contributed by atoms with E-state index in [2.05, 4.69) is 4.74 Å². The number of halogens is 4. The van der Waals surface area contributed by atoms with E-state index in [0.717, 1.165) is 19.2 Å². The zero-order chi connectivity index (χ0) is 13.9. The first-order valence-corrected chi connectivity index (χ1v) is 4.95. The minimum absolute atomic E-state index is 0.366. The average Bonchev–Trinajstić information content (AvgIpc) is 2.27. The molecular weight excluding hydrogens is 254 g/mol. The molecule has 0 aliphatic heterocycles. The van der Waals surface area contributed by atoms with Crippen molar-refractivity contribution < 1.29 is 27.1 Å². The predicted molar refractivity (Wildman–Crippen MR) is 55.0 cm³/mol. The smallest absolute Gasteiger partial charge is 0.419 e. The van der Waals surface area contributed by atoms with Crippen LogP contribution in [0.15, 0.2) is 18.2 Å². The lowest BCUT2D eigenvalue weighted by atomic mass is 10.0. The third-order valence-electron chi connectivity index (χ3n) is 2.35. The second-order valence-electron chi connectivity index (χ2n) is 3.59. The van der Waals surface area contributed by atoms with E-state index in [-0.39, 0.29) is 5.56 Å². The normalized spacial score (nSPS) is 13.2. The van der Waals surface area contributed by atoms with Gasteiger partial charge < -0.3 is 10.5 Å². The molecule has 18 heavy (non-hydrogen) atoms. The number of benzene rings is 1. The molecule has 0 bridgehead atoms. The molecule has 0 fully saturated rings. The molecule has 3 nitrogen and oxygen atoms in total. The van der Waals surface area contributed by atoms with Crippen molar-refractivity contribution in [2.75, 3.05) is 7.11 Å². The zero-order valence-electron chi connectivity index (χ0n) is 9.42. The van der Waals surface area contributed by atoms with E-state index in [9.17, 15) is 22.4 Å². The topological polar surface area (TPSA) is 52.3 Å². The van der Waals surface area contributed by atoms with Gasteiger partial charge in [-0.25, -0.2) is 4.39 Å². The van der Waals surface area contributed by atoms with Crippen LogP contribution in [0, 0.1) is 5.82 Å². The minimum atomic E-state index is -4.80. The number of alkyl halides is 3.